The van der Waals surface area contributed by atoms with Gasteiger partial charge >= 0.3 is 0 Å². The van der Waals surface area contributed by atoms with Crippen molar-refractivity contribution < 1.29 is 4.79 Å². The van der Waals surface area contributed by atoms with Crippen LogP contribution in [0.25, 0.3) is 0 Å². The Kier molecular flexibility index (Phi) is 5.56. The molecule has 0 saturated heterocycles. The molecule has 0 bridgehead atoms. The predicted molar refractivity (Wildman–Crippen MR) is 81.4 cm³/mol. The number of likely N-dealkylation sites (N-methyl/N-ethyl adjacent to an activating group) is 1. The van der Waals surface area contributed by atoms with Gasteiger partial charge in [0.05, 0.1) is 6.54 Å². The second kappa shape index (κ2) is 7.41. The minimum atomic E-state index is 0.0510. The molecule has 0 aromatic heterocycles. The molecule has 1 aromatic carbocycles. The lowest BCUT2D eigenvalue weighted by atomic mass is 10.2. The summed E-state index contributed by atoms with van der Waals surface area (Å²) in [5.74, 6) is 0.0510. The van der Waals surface area contributed by atoms with Crippen molar-refractivity contribution in [2.24, 2.45) is 0 Å². The van der Waals surface area contributed by atoms with E-state index < -0.39 is 0 Å². The second-order valence-electron chi connectivity index (χ2n) is 5.64. The van der Waals surface area contributed by atoms with Gasteiger partial charge in [-0.25, -0.2) is 0 Å². The maximum absolute atomic E-state index is 11.7. The van der Waals surface area contributed by atoms with Gasteiger partial charge in [-0.15, -0.1) is 0 Å². The number of amides is 1. The molecule has 1 unspecified atom stereocenters. The number of hydrogen-bond acceptors (Lipinski definition) is 3. The fourth-order valence-corrected chi connectivity index (χ4v) is 2.24. The van der Waals surface area contributed by atoms with Crippen LogP contribution in [-0.2, 0) is 11.3 Å². The van der Waals surface area contributed by atoms with Gasteiger partial charge in [-0.1, -0.05) is 30.3 Å². The molecule has 0 spiro atoms. The second-order valence-corrected chi connectivity index (χ2v) is 5.64. The van der Waals surface area contributed by atoms with E-state index in [-0.39, 0.29) is 5.91 Å². The first kappa shape index (κ1) is 15.0. The lowest BCUT2D eigenvalue weighted by Gasteiger charge is -2.24. The van der Waals surface area contributed by atoms with E-state index in [0.29, 0.717) is 19.1 Å². The Morgan fingerprint density at radius 1 is 1.35 bits per heavy atom. The van der Waals surface area contributed by atoms with Crippen molar-refractivity contribution in [3.63, 3.8) is 0 Å². The molecule has 0 radical (unpaired) electrons. The minimum Gasteiger partial charge on any atom is -0.351 e. The largest absolute Gasteiger partial charge is 0.351 e. The van der Waals surface area contributed by atoms with E-state index in [2.05, 4.69) is 29.5 Å². The summed E-state index contributed by atoms with van der Waals surface area (Å²) in [6, 6.07) is 11.2. The molecule has 1 saturated carbocycles. The third-order valence-electron chi connectivity index (χ3n) is 3.88. The standard InChI is InChI=1S/C16H25N3O/c1-13(19(2)15-8-9-15)10-17-12-16(20)18-11-14-6-4-3-5-7-14/h3-7,13,15,17H,8-12H2,1-2H3,(H,18,20). The van der Waals surface area contributed by atoms with Crippen molar-refractivity contribution in [1.82, 2.24) is 15.5 Å². The first-order valence-electron chi connectivity index (χ1n) is 7.40. The molecule has 110 valence electrons. The van der Waals surface area contributed by atoms with Crippen molar-refractivity contribution in [2.75, 3.05) is 20.1 Å². The van der Waals surface area contributed by atoms with Crippen LogP contribution < -0.4 is 10.6 Å². The highest BCUT2D eigenvalue weighted by Gasteiger charge is 2.28. The Morgan fingerprint density at radius 3 is 2.70 bits per heavy atom. The predicted octanol–water partition coefficient (Wildman–Crippen LogP) is 1.38. The summed E-state index contributed by atoms with van der Waals surface area (Å²) in [6.45, 7) is 4.04. The van der Waals surface area contributed by atoms with Crippen molar-refractivity contribution in [3.05, 3.63) is 35.9 Å². The monoisotopic (exact) mass is 275 g/mol. The van der Waals surface area contributed by atoms with Gasteiger partial charge in [0, 0.05) is 25.2 Å². The summed E-state index contributed by atoms with van der Waals surface area (Å²) in [4.78, 5) is 14.1. The van der Waals surface area contributed by atoms with Crippen molar-refractivity contribution in [3.8, 4) is 0 Å². The highest BCUT2D eigenvalue weighted by molar-refractivity contribution is 5.77. The van der Waals surface area contributed by atoms with Crippen LogP contribution in [0.2, 0.25) is 0 Å². The molecule has 20 heavy (non-hydrogen) atoms. The summed E-state index contributed by atoms with van der Waals surface area (Å²) in [5.41, 5.74) is 1.13. The number of carbonyl (C=O) groups is 1. The fraction of sp³-hybridized carbons (Fsp3) is 0.562. The highest BCUT2D eigenvalue weighted by atomic mass is 16.1. The van der Waals surface area contributed by atoms with Crippen LogP contribution in [0.5, 0.6) is 0 Å². The maximum atomic E-state index is 11.7. The third kappa shape index (κ3) is 4.94. The molecule has 2 N–H and O–H groups in total. The SMILES string of the molecule is CC(CNCC(=O)NCc1ccccc1)N(C)C1CC1. The molecular weight excluding hydrogens is 250 g/mol. The van der Waals surface area contributed by atoms with Crippen LogP contribution in [0.1, 0.15) is 25.3 Å². The van der Waals surface area contributed by atoms with Crippen LogP contribution in [0.15, 0.2) is 30.3 Å². The van der Waals surface area contributed by atoms with Crippen LogP contribution in [0.4, 0.5) is 0 Å². The van der Waals surface area contributed by atoms with Crippen LogP contribution >= 0.6 is 0 Å². The zero-order chi connectivity index (χ0) is 14.4. The van der Waals surface area contributed by atoms with Crippen molar-refractivity contribution >= 4 is 5.91 Å². The first-order valence-corrected chi connectivity index (χ1v) is 7.40. The lowest BCUT2D eigenvalue weighted by molar-refractivity contribution is -0.120. The number of benzene rings is 1. The number of nitrogens with zero attached hydrogens (tertiary/aromatic N) is 1. The smallest absolute Gasteiger partial charge is 0.234 e. The zero-order valence-electron chi connectivity index (χ0n) is 12.4. The number of rotatable bonds is 8. The first-order chi connectivity index (χ1) is 9.66. The lowest BCUT2D eigenvalue weighted by Crippen LogP contribution is -2.42. The van der Waals surface area contributed by atoms with Crippen LogP contribution in [0, 0.1) is 0 Å². The minimum absolute atomic E-state index is 0.0510. The molecule has 1 fully saturated rings. The van der Waals surface area contributed by atoms with E-state index in [9.17, 15) is 4.79 Å². The van der Waals surface area contributed by atoms with E-state index in [1.807, 2.05) is 30.3 Å². The third-order valence-corrected chi connectivity index (χ3v) is 3.88. The van der Waals surface area contributed by atoms with Gasteiger partial charge in [-0.05, 0) is 32.4 Å². The molecule has 0 aliphatic heterocycles. The Hall–Kier alpha value is -1.39. The molecule has 2 rings (SSSR count). The molecule has 4 nitrogen and oxygen atoms in total. The molecule has 4 heteroatoms. The number of carbonyl (C=O) groups excluding carboxylic acids is 1. The van der Waals surface area contributed by atoms with Gasteiger partial charge in [0.2, 0.25) is 5.91 Å². The number of nitrogens with one attached hydrogen (secondary N) is 2. The normalized spacial score (nSPS) is 16.1. The highest BCUT2D eigenvalue weighted by Crippen LogP contribution is 2.26. The van der Waals surface area contributed by atoms with Gasteiger partial charge in [0.15, 0.2) is 0 Å². The van der Waals surface area contributed by atoms with Crippen LogP contribution in [-0.4, -0.2) is 43.0 Å². The van der Waals surface area contributed by atoms with E-state index >= 15 is 0 Å². The number of hydrogen-bond donors (Lipinski definition) is 2. The Morgan fingerprint density at radius 2 is 2.05 bits per heavy atom. The van der Waals surface area contributed by atoms with Gasteiger partial charge in [-0.3, -0.25) is 9.69 Å². The Labute approximate surface area is 121 Å². The average molecular weight is 275 g/mol. The molecule has 1 amide bonds. The summed E-state index contributed by atoms with van der Waals surface area (Å²) >= 11 is 0. The van der Waals surface area contributed by atoms with E-state index in [0.717, 1.165) is 18.2 Å². The van der Waals surface area contributed by atoms with E-state index in [1.54, 1.807) is 0 Å². The van der Waals surface area contributed by atoms with Gasteiger partial charge in [0.25, 0.3) is 0 Å². The van der Waals surface area contributed by atoms with Crippen molar-refractivity contribution in [2.45, 2.75) is 38.4 Å². The van der Waals surface area contributed by atoms with Gasteiger partial charge < -0.3 is 10.6 Å². The summed E-state index contributed by atoms with van der Waals surface area (Å²) in [6.07, 6.45) is 2.64. The summed E-state index contributed by atoms with van der Waals surface area (Å²) < 4.78 is 0. The summed E-state index contributed by atoms with van der Waals surface area (Å²) in [7, 11) is 2.17. The van der Waals surface area contributed by atoms with Gasteiger partial charge in [0.1, 0.15) is 0 Å². The topological polar surface area (TPSA) is 44.4 Å². The molecule has 0 heterocycles. The maximum Gasteiger partial charge on any atom is 0.234 e. The Bertz CT molecular complexity index is 417. The van der Waals surface area contributed by atoms with Gasteiger partial charge in [-0.2, -0.15) is 0 Å². The average Bonchev–Trinajstić information content (AvgIpc) is 3.30. The molecular formula is C16H25N3O. The zero-order valence-corrected chi connectivity index (χ0v) is 12.4. The quantitative estimate of drug-likeness (QED) is 0.753. The van der Waals surface area contributed by atoms with E-state index in [1.165, 1.54) is 12.8 Å². The van der Waals surface area contributed by atoms with Crippen LogP contribution in [0.3, 0.4) is 0 Å². The molecule has 1 atom stereocenters. The summed E-state index contributed by atoms with van der Waals surface area (Å²) in [5, 5.41) is 6.15. The molecule has 1 aromatic rings. The Balaban J connectivity index is 1.58. The van der Waals surface area contributed by atoms with E-state index in [4.69, 9.17) is 0 Å². The van der Waals surface area contributed by atoms with Crippen molar-refractivity contribution in [1.29, 1.82) is 0 Å². The molecule has 1 aliphatic rings. The molecule has 1 aliphatic carbocycles. The fourth-order valence-electron chi connectivity index (χ4n) is 2.24.